The third kappa shape index (κ3) is 5.11. The molecule has 0 fully saturated rings. The van der Waals surface area contributed by atoms with Crippen molar-refractivity contribution >= 4 is 17.6 Å². The third-order valence-electron chi connectivity index (χ3n) is 5.53. The Kier molecular flexibility index (Phi) is 6.86. The second kappa shape index (κ2) is 9.87. The Bertz CT molecular complexity index is 1270. The van der Waals surface area contributed by atoms with E-state index in [-0.39, 0.29) is 36.1 Å². The molecule has 1 aliphatic rings. The fourth-order valence-electron chi connectivity index (χ4n) is 3.56. The number of hydrogen-bond donors (Lipinski definition) is 1. The van der Waals surface area contributed by atoms with Gasteiger partial charge in [0, 0.05) is 22.9 Å². The van der Waals surface area contributed by atoms with Gasteiger partial charge in [-0.2, -0.15) is 8.78 Å². The number of hydrogen-bond acceptors (Lipinski definition) is 8. The van der Waals surface area contributed by atoms with Gasteiger partial charge in [-0.05, 0) is 26.0 Å². The molecule has 0 aliphatic carbocycles. The molecule has 190 valence electrons. The van der Waals surface area contributed by atoms with E-state index in [1.807, 2.05) is 0 Å². The predicted octanol–water partition coefficient (Wildman–Crippen LogP) is 3.35. The molecule has 1 atom stereocenters. The summed E-state index contributed by atoms with van der Waals surface area (Å²) in [5, 5.41) is 10.3. The second-order valence-electron chi connectivity index (χ2n) is 8.10. The van der Waals surface area contributed by atoms with Crippen molar-refractivity contribution in [1.82, 2.24) is 25.1 Å². The number of halogens is 4. The number of ether oxygens (including phenoxy) is 1. The minimum absolute atomic E-state index is 0.0635. The average Bonchev–Trinajstić information content (AvgIpc) is 3.46. The Morgan fingerprint density at radius 1 is 1.33 bits per heavy atom. The molecule has 1 N–H and O–H groups in total. The van der Waals surface area contributed by atoms with Crippen LogP contribution in [-0.2, 0) is 17.8 Å². The first-order valence-corrected chi connectivity index (χ1v) is 10.7. The molecular weight excluding hydrogens is 488 g/mol. The maximum absolute atomic E-state index is 13.1. The van der Waals surface area contributed by atoms with E-state index in [1.165, 1.54) is 42.7 Å². The van der Waals surface area contributed by atoms with E-state index in [2.05, 4.69) is 25.5 Å². The molecule has 0 spiro atoms. The van der Waals surface area contributed by atoms with Crippen LogP contribution < -0.4 is 10.1 Å². The monoisotopic (exact) mass is 508 g/mol. The second-order valence-corrected chi connectivity index (χ2v) is 8.10. The van der Waals surface area contributed by atoms with Crippen LogP contribution in [0.1, 0.15) is 45.9 Å². The molecule has 2 amide bonds. The molecule has 0 saturated heterocycles. The lowest BCUT2D eigenvalue weighted by molar-refractivity contribution is -0.148. The molecule has 4 rings (SSSR count). The highest BCUT2D eigenvalue weighted by Gasteiger charge is 2.42. The Morgan fingerprint density at radius 3 is 2.78 bits per heavy atom. The van der Waals surface area contributed by atoms with Crippen LogP contribution in [0.15, 0.2) is 35.3 Å². The summed E-state index contributed by atoms with van der Waals surface area (Å²) < 4.78 is 60.8. The molecule has 0 bridgehead atoms. The van der Waals surface area contributed by atoms with Crippen molar-refractivity contribution in [3.05, 3.63) is 59.1 Å². The number of rotatable bonds is 9. The van der Waals surface area contributed by atoms with Crippen molar-refractivity contribution in [2.24, 2.45) is 0 Å². The van der Waals surface area contributed by atoms with Crippen molar-refractivity contribution in [3.63, 3.8) is 0 Å². The summed E-state index contributed by atoms with van der Waals surface area (Å²) in [7, 11) is 0. The lowest BCUT2D eigenvalue weighted by Gasteiger charge is -2.24. The first-order valence-electron chi connectivity index (χ1n) is 10.7. The van der Waals surface area contributed by atoms with E-state index in [9.17, 15) is 27.2 Å². The Hall–Kier alpha value is -4.10. The fourth-order valence-corrected chi connectivity index (χ4v) is 3.56. The topological polar surface area (TPSA) is 123 Å². The van der Waals surface area contributed by atoms with E-state index >= 15 is 0 Å². The van der Waals surface area contributed by atoms with Gasteiger partial charge in [0.25, 0.3) is 5.91 Å². The summed E-state index contributed by atoms with van der Waals surface area (Å²) in [5.41, 5.74) is 1.47. The number of oxazole rings is 1. The molecule has 4 heterocycles. The molecule has 10 nitrogen and oxygen atoms in total. The normalized spacial score (nSPS) is 14.2. The maximum atomic E-state index is 13.1. The molecule has 3 aromatic rings. The molecule has 14 heteroatoms. The van der Waals surface area contributed by atoms with Crippen LogP contribution in [0.3, 0.4) is 0 Å². The van der Waals surface area contributed by atoms with Gasteiger partial charge in [0.1, 0.15) is 11.6 Å². The van der Waals surface area contributed by atoms with Crippen LogP contribution in [0, 0.1) is 6.92 Å². The highest BCUT2D eigenvalue weighted by Crippen LogP contribution is 2.34. The number of pyridine rings is 1. The summed E-state index contributed by atoms with van der Waals surface area (Å²) in [4.78, 5) is 34.8. The van der Waals surface area contributed by atoms with E-state index < -0.39 is 30.9 Å². The summed E-state index contributed by atoms with van der Waals surface area (Å²) in [6, 6.07) is 2.40. The van der Waals surface area contributed by atoms with Crippen LogP contribution in [0.4, 0.5) is 23.4 Å². The van der Waals surface area contributed by atoms with E-state index in [4.69, 9.17) is 9.15 Å². The number of aryl methyl sites for hydroxylation is 1. The Morgan fingerprint density at radius 2 is 2.11 bits per heavy atom. The van der Waals surface area contributed by atoms with Gasteiger partial charge in [0.15, 0.2) is 13.0 Å². The lowest BCUT2D eigenvalue weighted by Crippen LogP contribution is -2.34. The summed E-state index contributed by atoms with van der Waals surface area (Å²) in [5.74, 6) is -4.79. The maximum Gasteiger partial charge on any atom is 0.340 e. The fraction of sp³-hybridized carbons (Fsp3) is 0.364. The standard InChI is InChI=1S/C22H20F4N6O4/c1-11-5-16(30-31-19(11)35-9-22(25,26)21(23)24)12(2)32-8-15-14(20(32)34)3-4-28-18(15)29-17(33)6-13-7-27-10-36-13/h3-5,7,10,12,21H,6,8-9H2,1-2H3,(H,28,29,33). The lowest BCUT2D eigenvalue weighted by atomic mass is 10.1. The molecule has 3 aromatic heterocycles. The highest BCUT2D eigenvalue weighted by molar-refractivity contribution is 6.01. The zero-order valence-corrected chi connectivity index (χ0v) is 19.0. The van der Waals surface area contributed by atoms with Crippen LogP contribution in [0.25, 0.3) is 0 Å². The van der Waals surface area contributed by atoms with Crippen molar-refractivity contribution in [1.29, 1.82) is 0 Å². The number of carbonyl (C=O) groups is 2. The van der Waals surface area contributed by atoms with Gasteiger partial charge >= 0.3 is 12.3 Å². The number of alkyl halides is 4. The number of nitrogens with zero attached hydrogens (tertiary/aromatic N) is 5. The van der Waals surface area contributed by atoms with Gasteiger partial charge in [-0.25, -0.2) is 18.7 Å². The SMILES string of the molecule is Cc1cc(C(C)N2Cc3c(ccnc3NC(=O)Cc3cnco3)C2=O)nnc1OCC(F)(F)C(F)F. The van der Waals surface area contributed by atoms with Crippen molar-refractivity contribution in [2.75, 3.05) is 11.9 Å². The van der Waals surface area contributed by atoms with Crippen molar-refractivity contribution in [2.45, 2.75) is 45.2 Å². The summed E-state index contributed by atoms with van der Waals surface area (Å²) in [6.07, 6.45) is 0.0887. The number of fused-ring (bicyclic) bond motifs is 1. The molecule has 1 aliphatic heterocycles. The van der Waals surface area contributed by atoms with Crippen LogP contribution >= 0.6 is 0 Å². The largest absolute Gasteiger partial charge is 0.470 e. The number of anilines is 1. The van der Waals surface area contributed by atoms with Gasteiger partial charge in [-0.3, -0.25) is 9.59 Å². The van der Waals surface area contributed by atoms with Gasteiger partial charge in [0.05, 0.1) is 30.9 Å². The highest BCUT2D eigenvalue weighted by atomic mass is 19.3. The smallest absolute Gasteiger partial charge is 0.340 e. The van der Waals surface area contributed by atoms with Gasteiger partial charge in [-0.1, -0.05) is 0 Å². The van der Waals surface area contributed by atoms with E-state index in [0.29, 0.717) is 22.6 Å². The average molecular weight is 508 g/mol. The Labute approximate surface area is 201 Å². The first-order chi connectivity index (χ1) is 17.1. The van der Waals surface area contributed by atoms with Crippen LogP contribution in [0.5, 0.6) is 5.88 Å². The molecular formula is C22H20F4N6O4. The molecule has 1 unspecified atom stereocenters. The van der Waals surface area contributed by atoms with Crippen molar-refractivity contribution < 1.29 is 36.3 Å². The van der Waals surface area contributed by atoms with Crippen LogP contribution in [0.2, 0.25) is 0 Å². The van der Waals surface area contributed by atoms with E-state index in [0.717, 1.165) is 0 Å². The minimum atomic E-state index is -4.33. The summed E-state index contributed by atoms with van der Waals surface area (Å²) >= 11 is 0. The first kappa shape index (κ1) is 25.0. The quantitative estimate of drug-likeness (QED) is 0.437. The summed E-state index contributed by atoms with van der Waals surface area (Å²) in [6.45, 7) is 1.75. The zero-order chi connectivity index (χ0) is 26.0. The van der Waals surface area contributed by atoms with Gasteiger partial charge in [0.2, 0.25) is 11.8 Å². The number of carbonyl (C=O) groups excluding carboxylic acids is 2. The number of nitrogens with one attached hydrogen (secondary N) is 1. The minimum Gasteiger partial charge on any atom is -0.470 e. The number of amides is 2. The van der Waals surface area contributed by atoms with E-state index in [1.54, 1.807) is 6.92 Å². The molecule has 0 radical (unpaired) electrons. The third-order valence-corrected chi connectivity index (χ3v) is 5.53. The van der Waals surface area contributed by atoms with Gasteiger partial charge < -0.3 is 19.4 Å². The van der Waals surface area contributed by atoms with Crippen LogP contribution in [-0.4, -0.2) is 55.8 Å². The van der Waals surface area contributed by atoms with Crippen molar-refractivity contribution in [3.8, 4) is 5.88 Å². The molecule has 0 saturated carbocycles. The Balaban J connectivity index is 1.47. The predicted molar refractivity (Wildman–Crippen MR) is 115 cm³/mol. The molecule has 0 aromatic carbocycles. The zero-order valence-electron chi connectivity index (χ0n) is 19.0. The number of aromatic nitrogens is 4. The van der Waals surface area contributed by atoms with Gasteiger partial charge in [-0.15, -0.1) is 10.2 Å². The molecule has 36 heavy (non-hydrogen) atoms.